The number of hydrogen-bond acceptors (Lipinski definition) is 3. The van der Waals surface area contributed by atoms with E-state index < -0.39 is 11.6 Å². The van der Waals surface area contributed by atoms with Gasteiger partial charge in [-0.15, -0.1) is 0 Å². The Balaban J connectivity index is 1.68. The van der Waals surface area contributed by atoms with Crippen LogP contribution in [0.5, 0.6) is 0 Å². The molecular formula is C18H24F2N2O2. The summed E-state index contributed by atoms with van der Waals surface area (Å²) in [6.07, 6.45) is 2.04. The molecule has 0 aromatic heterocycles. The van der Waals surface area contributed by atoms with E-state index in [9.17, 15) is 18.7 Å². The Bertz CT molecular complexity index is 611. The molecule has 3 rings (SSSR count). The number of rotatable bonds is 3. The van der Waals surface area contributed by atoms with Crippen LogP contribution in [0, 0.1) is 17.6 Å². The molecule has 2 heterocycles. The van der Waals surface area contributed by atoms with Crippen LogP contribution in [-0.4, -0.2) is 52.6 Å². The minimum Gasteiger partial charge on any atom is -0.393 e. The van der Waals surface area contributed by atoms with Gasteiger partial charge in [-0.3, -0.25) is 9.69 Å². The maximum atomic E-state index is 13.9. The molecule has 1 aromatic carbocycles. The van der Waals surface area contributed by atoms with E-state index in [1.54, 1.807) is 4.90 Å². The highest BCUT2D eigenvalue weighted by molar-refractivity contribution is 5.82. The molecule has 24 heavy (non-hydrogen) atoms. The van der Waals surface area contributed by atoms with Crippen molar-refractivity contribution < 1.29 is 18.7 Å². The summed E-state index contributed by atoms with van der Waals surface area (Å²) < 4.78 is 26.9. The number of carbonyl (C=O) groups excluding carboxylic acids is 1. The topological polar surface area (TPSA) is 43.8 Å². The normalized spacial score (nSPS) is 29.1. The van der Waals surface area contributed by atoms with Crippen LogP contribution in [-0.2, 0) is 11.3 Å². The highest BCUT2D eigenvalue weighted by atomic mass is 19.1. The van der Waals surface area contributed by atoms with Crippen molar-refractivity contribution in [3.8, 4) is 0 Å². The van der Waals surface area contributed by atoms with Gasteiger partial charge in [0.15, 0.2) is 0 Å². The van der Waals surface area contributed by atoms with E-state index in [1.165, 1.54) is 12.1 Å². The molecular weight excluding hydrogens is 314 g/mol. The lowest BCUT2D eigenvalue weighted by molar-refractivity contribution is -0.142. The summed E-state index contributed by atoms with van der Waals surface area (Å²) in [6, 6.07) is 3.28. The van der Waals surface area contributed by atoms with Gasteiger partial charge in [-0.2, -0.15) is 0 Å². The Morgan fingerprint density at radius 3 is 2.75 bits per heavy atom. The van der Waals surface area contributed by atoms with Crippen LogP contribution in [0.3, 0.4) is 0 Å². The van der Waals surface area contributed by atoms with Gasteiger partial charge in [0.2, 0.25) is 5.91 Å². The quantitative estimate of drug-likeness (QED) is 0.918. The lowest BCUT2D eigenvalue weighted by atomic mass is 9.93. The van der Waals surface area contributed by atoms with Crippen molar-refractivity contribution in [2.24, 2.45) is 5.92 Å². The van der Waals surface area contributed by atoms with Crippen molar-refractivity contribution in [3.05, 3.63) is 35.4 Å². The Morgan fingerprint density at radius 2 is 2.04 bits per heavy atom. The molecule has 2 saturated heterocycles. The summed E-state index contributed by atoms with van der Waals surface area (Å²) in [5.74, 6) is -1.07. The van der Waals surface area contributed by atoms with Crippen LogP contribution < -0.4 is 0 Å². The van der Waals surface area contributed by atoms with Gasteiger partial charge in [0.05, 0.1) is 12.1 Å². The molecule has 1 aromatic rings. The van der Waals surface area contributed by atoms with Crippen molar-refractivity contribution in [3.63, 3.8) is 0 Å². The van der Waals surface area contributed by atoms with Crippen molar-refractivity contribution >= 4 is 5.91 Å². The molecule has 132 valence electrons. The molecule has 1 N–H and O–H groups in total. The van der Waals surface area contributed by atoms with Crippen LogP contribution in [0.15, 0.2) is 18.2 Å². The van der Waals surface area contributed by atoms with Crippen LogP contribution in [0.2, 0.25) is 0 Å². The van der Waals surface area contributed by atoms with Gasteiger partial charge in [0.25, 0.3) is 0 Å². The number of amides is 1. The van der Waals surface area contributed by atoms with Crippen LogP contribution in [0.1, 0.15) is 31.7 Å². The molecule has 2 aliphatic rings. The molecule has 0 bridgehead atoms. The van der Waals surface area contributed by atoms with Crippen LogP contribution >= 0.6 is 0 Å². The first kappa shape index (κ1) is 17.3. The van der Waals surface area contributed by atoms with E-state index in [0.29, 0.717) is 31.6 Å². The van der Waals surface area contributed by atoms with Gasteiger partial charge < -0.3 is 10.0 Å². The van der Waals surface area contributed by atoms with Crippen LogP contribution in [0.25, 0.3) is 0 Å². The molecule has 1 amide bonds. The maximum Gasteiger partial charge on any atom is 0.240 e. The second-order valence-corrected chi connectivity index (χ2v) is 6.98. The SMILES string of the molecule is C[C@@H]1CN([C@@H]2CCCN(Cc3ccc(F)cc3F)C2=O)CC[C@@H]1O. The number of likely N-dealkylation sites (tertiary alicyclic amines) is 2. The minimum absolute atomic E-state index is 0.00793. The van der Waals surface area contributed by atoms with Gasteiger partial charge in [-0.1, -0.05) is 13.0 Å². The zero-order valence-corrected chi connectivity index (χ0v) is 13.9. The number of halogens is 2. The van der Waals surface area contributed by atoms with Gasteiger partial charge in [0.1, 0.15) is 11.6 Å². The van der Waals surface area contributed by atoms with Gasteiger partial charge >= 0.3 is 0 Å². The minimum atomic E-state index is -0.611. The summed E-state index contributed by atoms with van der Waals surface area (Å²) in [6.45, 7) is 4.18. The molecule has 4 nitrogen and oxygen atoms in total. The summed E-state index contributed by atoms with van der Waals surface area (Å²) in [4.78, 5) is 16.6. The number of benzene rings is 1. The van der Waals surface area contributed by atoms with E-state index in [2.05, 4.69) is 4.90 Å². The Kier molecular flexibility index (Phi) is 5.15. The highest BCUT2D eigenvalue weighted by Crippen LogP contribution is 2.25. The standard InChI is InChI=1S/C18H24F2N2O2/c1-12-10-21(8-6-17(12)23)16-3-2-7-22(18(16)24)11-13-4-5-14(19)9-15(13)20/h4-5,9,12,16-17,23H,2-3,6-8,10-11H2,1H3/t12-,16-,17+/m1/s1. The Hall–Kier alpha value is -1.53. The first-order valence-electron chi connectivity index (χ1n) is 8.60. The molecule has 0 radical (unpaired) electrons. The first-order valence-corrected chi connectivity index (χ1v) is 8.60. The van der Waals surface area contributed by atoms with Gasteiger partial charge in [-0.05, 0) is 31.2 Å². The predicted molar refractivity (Wildman–Crippen MR) is 86.2 cm³/mol. The number of aliphatic hydroxyl groups excluding tert-OH is 1. The van der Waals surface area contributed by atoms with Crippen molar-refractivity contribution in [1.82, 2.24) is 9.80 Å². The molecule has 3 atom stereocenters. The fourth-order valence-corrected chi connectivity index (χ4v) is 3.72. The third kappa shape index (κ3) is 3.59. The predicted octanol–water partition coefficient (Wildman–Crippen LogP) is 2.16. The van der Waals surface area contributed by atoms with E-state index in [0.717, 1.165) is 18.9 Å². The zero-order chi connectivity index (χ0) is 17.3. The Labute approximate surface area is 141 Å². The maximum absolute atomic E-state index is 13.9. The van der Waals surface area contributed by atoms with Crippen molar-refractivity contribution in [2.75, 3.05) is 19.6 Å². The van der Waals surface area contributed by atoms with Crippen molar-refractivity contribution in [1.29, 1.82) is 0 Å². The molecule has 6 heteroatoms. The number of piperidine rings is 2. The average molecular weight is 338 g/mol. The molecule has 2 fully saturated rings. The molecule has 0 saturated carbocycles. The molecule has 0 unspecified atom stereocenters. The fourth-order valence-electron chi connectivity index (χ4n) is 3.72. The second-order valence-electron chi connectivity index (χ2n) is 6.98. The lowest BCUT2D eigenvalue weighted by Gasteiger charge is -2.42. The summed E-state index contributed by atoms with van der Waals surface area (Å²) >= 11 is 0. The molecule has 0 spiro atoms. The van der Waals surface area contributed by atoms with Gasteiger partial charge in [0, 0.05) is 37.8 Å². The number of nitrogens with zero attached hydrogens (tertiary/aromatic N) is 2. The third-order valence-corrected chi connectivity index (χ3v) is 5.21. The monoisotopic (exact) mass is 338 g/mol. The fraction of sp³-hybridized carbons (Fsp3) is 0.611. The second kappa shape index (κ2) is 7.15. The van der Waals surface area contributed by atoms with Crippen molar-refractivity contribution in [2.45, 2.75) is 44.9 Å². The number of carbonyl (C=O) groups is 1. The summed E-state index contributed by atoms with van der Waals surface area (Å²) in [7, 11) is 0. The van der Waals surface area contributed by atoms with E-state index >= 15 is 0 Å². The summed E-state index contributed by atoms with van der Waals surface area (Å²) in [5.41, 5.74) is 0.341. The third-order valence-electron chi connectivity index (χ3n) is 5.21. The van der Waals surface area contributed by atoms with E-state index in [-0.39, 0.29) is 30.5 Å². The number of aliphatic hydroxyl groups is 1. The lowest BCUT2D eigenvalue weighted by Crippen LogP contribution is -2.56. The van der Waals surface area contributed by atoms with Gasteiger partial charge in [-0.25, -0.2) is 8.78 Å². The van der Waals surface area contributed by atoms with E-state index in [4.69, 9.17) is 0 Å². The Morgan fingerprint density at radius 1 is 1.25 bits per heavy atom. The molecule has 0 aliphatic carbocycles. The highest BCUT2D eigenvalue weighted by Gasteiger charge is 2.36. The first-order chi connectivity index (χ1) is 11.5. The molecule has 2 aliphatic heterocycles. The zero-order valence-electron chi connectivity index (χ0n) is 13.9. The van der Waals surface area contributed by atoms with Crippen LogP contribution in [0.4, 0.5) is 8.78 Å². The number of hydrogen-bond donors (Lipinski definition) is 1. The smallest absolute Gasteiger partial charge is 0.240 e. The van der Waals surface area contributed by atoms with E-state index in [1.807, 2.05) is 6.92 Å². The summed E-state index contributed by atoms with van der Waals surface area (Å²) in [5, 5.41) is 9.87. The average Bonchev–Trinajstić information content (AvgIpc) is 2.54. The largest absolute Gasteiger partial charge is 0.393 e.